The molecule has 2 atom stereocenters. The monoisotopic (exact) mass is 282 g/mol. The van der Waals surface area contributed by atoms with Crippen molar-refractivity contribution in [2.24, 2.45) is 0 Å². The average molecular weight is 282 g/mol. The van der Waals surface area contributed by atoms with Crippen molar-refractivity contribution >= 4 is 5.91 Å². The molecule has 112 valence electrons. The summed E-state index contributed by atoms with van der Waals surface area (Å²) >= 11 is 0. The van der Waals surface area contributed by atoms with Crippen molar-refractivity contribution in [3.8, 4) is 11.5 Å². The quantitative estimate of drug-likeness (QED) is 0.440. The molecule has 0 aliphatic rings. The Kier molecular flexibility index (Phi) is 6.27. The molecular formula is C14H22N2O4. The first-order chi connectivity index (χ1) is 9.45. The minimum absolute atomic E-state index is 0.0728. The standard InChI is InChI=1S/C14H22N2O4/c1-9(12-8-11(17)4-5-13(12)18)16-10(2)14(19)15-6-7-20-3/h4-5,8-10,16-18H,6-7H2,1-3H3,(H,15,19). The van der Waals surface area contributed by atoms with Crippen LogP contribution in [-0.4, -0.2) is 42.4 Å². The topological polar surface area (TPSA) is 90.8 Å². The zero-order valence-electron chi connectivity index (χ0n) is 12.0. The van der Waals surface area contributed by atoms with Crippen molar-refractivity contribution in [2.75, 3.05) is 20.3 Å². The lowest BCUT2D eigenvalue weighted by Gasteiger charge is -2.20. The zero-order valence-corrected chi connectivity index (χ0v) is 12.0. The van der Waals surface area contributed by atoms with E-state index >= 15 is 0 Å². The highest BCUT2D eigenvalue weighted by molar-refractivity contribution is 5.81. The Morgan fingerprint density at radius 3 is 2.70 bits per heavy atom. The van der Waals surface area contributed by atoms with Crippen molar-refractivity contribution in [3.05, 3.63) is 23.8 Å². The van der Waals surface area contributed by atoms with Crippen LogP contribution in [-0.2, 0) is 9.53 Å². The number of benzene rings is 1. The summed E-state index contributed by atoms with van der Waals surface area (Å²) in [7, 11) is 1.57. The van der Waals surface area contributed by atoms with E-state index in [1.165, 1.54) is 18.2 Å². The van der Waals surface area contributed by atoms with Gasteiger partial charge in [0.1, 0.15) is 11.5 Å². The maximum Gasteiger partial charge on any atom is 0.236 e. The molecule has 0 spiro atoms. The number of hydrogen-bond acceptors (Lipinski definition) is 5. The lowest BCUT2D eigenvalue weighted by Crippen LogP contribution is -2.44. The van der Waals surface area contributed by atoms with E-state index in [4.69, 9.17) is 4.74 Å². The van der Waals surface area contributed by atoms with Crippen LogP contribution in [0.5, 0.6) is 11.5 Å². The Bertz CT molecular complexity index is 451. The number of rotatable bonds is 7. The third-order valence-corrected chi connectivity index (χ3v) is 2.98. The van der Waals surface area contributed by atoms with Crippen molar-refractivity contribution in [3.63, 3.8) is 0 Å². The molecule has 0 aliphatic heterocycles. The van der Waals surface area contributed by atoms with Gasteiger partial charge in [-0.1, -0.05) is 0 Å². The predicted molar refractivity (Wildman–Crippen MR) is 75.7 cm³/mol. The van der Waals surface area contributed by atoms with Gasteiger partial charge in [0.2, 0.25) is 5.91 Å². The molecule has 0 bridgehead atoms. The van der Waals surface area contributed by atoms with E-state index < -0.39 is 6.04 Å². The minimum Gasteiger partial charge on any atom is -0.508 e. The van der Waals surface area contributed by atoms with Gasteiger partial charge in [0.05, 0.1) is 12.6 Å². The summed E-state index contributed by atoms with van der Waals surface area (Å²) in [5.41, 5.74) is 0.543. The maximum absolute atomic E-state index is 11.8. The van der Waals surface area contributed by atoms with Crippen LogP contribution in [0.1, 0.15) is 25.5 Å². The highest BCUT2D eigenvalue weighted by Gasteiger charge is 2.18. The van der Waals surface area contributed by atoms with E-state index in [9.17, 15) is 15.0 Å². The van der Waals surface area contributed by atoms with E-state index in [0.717, 1.165) is 0 Å². The Morgan fingerprint density at radius 1 is 1.35 bits per heavy atom. The van der Waals surface area contributed by atoms with Crippen LogP contribution in [0.2, 0.25) is 0 Å². The first kappa shape index (κ1) is 16.3. The van der Waals surface area contributed by atoms with Crippen LogP contribution < -0.4 is 10.6 Å². The van der Waals surface area contributed by atoms with E-state index in [2.05, 4.69) is 10.6 Å². The molecule has 2 unspecified atom stereocenters. The summed E-state index contributed by atoms with van der Waals surface area (Å²) in [6, 6.07) is 3.61. The van der Waals surface area contributed by atoms with Crippen LogP contribution >= 0.6 is 0 Å². The zero-order chi connectivity index (χ0) is 15.1. The number of phenolic OH excluding ortho intramolecular Hbond substituents is 2. The van der Waals surface area contributed by atoms with Gasteiger partial charge < -0.3 is 20.3 Å². The Labute approximate surface area is 118 Å². The summed E-state index contributed by atoms with van der Waals surface area (Å²) in [6.07, 6.45) is 0. The summed E-state index contributed by atoms with van der Waals surface area (Å²) < 4.78 is 4.86. The molecular weight excluding hydrogens is 260 g/mol. The first-order valence-electron chi connectivity index (χ1n) is 6.50. The molecule has 0 saturated heterocycles. The molecule has 6 heteroatoms. The maximum atomic E-state index is 11.8. The molecule has 0 fully saturated rings. The predicted octanol–water partition coefficient (Wildman–Crippen LogP) is 0.899. The highest BCUT2D eigenvalue weighted by atomic mass is 16.5. The molecule has 0 radical (unpaired) electrons. The van der Waals surface area contributed by atoms with Gasteiger partial charge in [0.15, 0.2) is 0 Å². The number of amides is 1. The Hall–Kier alpha value is -1.79. The number of carbonyl (C=O) groups excluding carboxylic acids is 1. The van der Waals surface area contributed by atoms with Crippen LogP contribution in [0.4, 0.5) is 0 Å². The largest absolute Gasteiger partial charge is 0.508 e. The third-order valence-electron chi connectivity index (χ3n) is 2.98. The van der Waals surface area contributed by atoms with Gasteiger partial charge >= 0.3 is 0 Å². The SMILES string of the molecule is COCCNC(=O)C(C)NC(C)c1cc(O)ccc1O. The molecule has 20 heavy (non-hydrogen) atoms. The normalized spacial score (nSPS) is 13.8. The number of ether oxygens (including phenoxy) is 1. The molecule has 1 aromatic rings. The number of methoxy groups -OCH3 is 1. The van der Waals surface area contributed by atoms with Crippen LogP contribution in [0.15, 0.2) is 18.2 Å². The fraction of sp³-hybridized carbons (Fsp3) is 0.500. The summed E-state index contributed by atoms with van der Waals surface area (Å²) in [4.78, 5) is 11.8. The van der Waals surface area contributed by atoms with Gasteiger partial charge in [0, 0.05) is 25.3 Å². The number of nitrogens with one attached hydrogen (secondary N) is 2. The molecule has 6 nitrogen and oxygen atoms in total. The summed E-state index contributed by atoms with van der Waals surface area (Å²) in [5, 5.41) is 25.0. The van der Waals surface area contributed by atoms with Crippen molar-refractivity contribution < 1.29 is 19.7 Å². The molecule has 0 aromatic heterocycles. The van der Waals surface area contributed by atoms with E-state index in [-0.39, 0.29) is 23.4 Å². The third kappa shape index (κ3) is 4.71. The van der Waals surface area contributed by atoms with Crippen molar-refractivity contribution in [1.82, 2.24) is 10.6 Å². The first-order valence-corrected chi connectivity index (χ1v) is 6.50. The van der Waals surface area contributed by atoms with Crippen LogP contribution in [0.25, 0.3) is 0 Å². The van der Waals surface area contributed by atoms with Crippen LogP contribution in [0.3, 0.4) is 0 Å². The molecule has 0 saturated carbocycles. The van der Waals surface area contributed by atoms with Crippen molar-refractivity contribution in [1.29, 1.82) is 0 Å². The van der Waals surface area contributed by atoms with E-state index in [1.807, 2.05) is 6.92 Å². The van der Waals surface area contributed by atoms with E-state index in [0.29, 0.717) is 18.7 Å². The Balaban J connectivity index is 2.58. The molecule has 0 aliphatic carbocycles. The smallest absolute Gasteiger partial charge is 0.236 e. The Morgan fingerprint density at radius 2 is 2.05 bits per heavy atom. The molecule has 1 amide bonds. The summed E-state index contributed by atoms with van der Waals surface area (Å²) in [6.45, 7) is 4.46. The van der Waals surface area contributed by atoms with Gasteiger partial charge in [-0.05, 0) is 32.0 Å². The number of aromatic hydroxyl groups is 2. The second kappa shape index (κ2) is 7.72. The number of hydrogen-bond donors (Lipinski definition) is 4. The van der Waals surface area contributed by atoms with Gasteiger partial charge in [-0.3, -0.25) is 10.1 Å². The fourth-order valence-electron chi connectivity index (χ4n) is 1.86. The molecule has 0 heterocycles. The lowest BCUT2D eigenvalue weighted by atomic mass is 10.1. The molecule has 1 aromatic carbocycles. The van der Waals surface area contributed by atoms with Crippen LogP contribution in [0, 0.1) is 0 Å². The second-order valence-electron chi connectivity index (χ2n) is 4.64. The average Bonchev–Trinajstić information content (AvgIpc) is 2.41. The van der Waals surface area contributed by atoms with Gasteiger partial charge in [0.25, 0.3) is 0 Å². The lowest BCUT2D eigenvalue weighted by molar-refractivity contribution is -0.123. The van der Waals surface area contributed by atoms with Gasteiger partial charge in [-0.25, -0.2) is 0 Å². The summed E-state index contributed by atoms with van der Waals surface area (Å²) in [5.74, 6) is 0.00647. The second-order valence-corrected chi connectivity index (χ2v) is 4.64. The fourth-order valence-corrected chi connectivity index (χ4v) is 1.86. The van der Waals surface area contributed by atoms with E-state index in [1.54, 1.807) is 14.0 Å². The molecule has 4 N–H and O–H groups in total. The van der Waals surface area contributed by atoms with Gasteiger partial charge in [-0.2, -0.15) is 0 Å². The van der Waals surface area contributed by atoms with Gasteiger partial charge in [-0.15, -0.1) is 0 Å². The number of carbonyl (C=O) groups is 1. The number of phenols is 2. The minimum atomic E-state index is -0.427. The van der Waals surface area contributed by atoms with Crippen molar-refractivity contribution in [2.45, 2.75) is 25.9 Å². The molecule has 1 rings (SSSR count). The highest BCUT2D eigenvalue weighted by Crippen LogP contribution is 2.27.